The van der Waals surface area contributed by atoms with Crippen molar-refractivity contribution in [3.8, 4) is 0 Å². The number of allylic oxidation sites excluding steroid dienone is 1. The third kappa shape index (κ3) is 3.48. The minimum absolute atomic E-state index is 0.0108. The molecule has 1 aliphatic heterocycles. The molecule has 0 radical (unpaired) electrons. The van der Waals surface area contributed by atoms with Crippen LogP contribution in [0.5, 0.6) is 0 Å². The second-order valence-electron chi connectivity index (χ2n) is 9.37. The van der Waals surface area contributed by atoms with Crippen molar-refractivity contribution >= 4 is 23.1 Å². The number of nitrogens with zero attached hydrogens (tertiary/aromatic N) is 1. The van der Waals surface area contributed by atoms with E-state index in [1.165, 1.54) is 11.1 Å². The number of rotatable bonds is 3. The number of para-hydroxylation sites is 2. The molecule has 2 aliphatic carbocycles. The van der Waals surface area contributed by atoms with Gasteiger partial charge in [-0.25, -0.2) is 0 Å². The Morgan fingerprint density at radius 1 is 1.00 bits per heavy atom. The minimum Gasteiger partial charge on any atom is -0.467 e. The third-order valence-electron chi connectivity index (χ3n) is 7.01. The van der Waals surface area contributed by atoms with Crippen LogP contribution < -0.4 is 10.2 Å². The van der Waals surface area contributed by atoms with Crippen molar-refractivity contribution in [2.75, 3.05) is 10.2 Å². The Morgan fingerprint density at radius 3 is 2.52 bits per heavy atom. The summed E-state index contributed by atoms with van der Waals surface area (Å²) in [7, 11) is 0. The highest BCUT2D eigenvalue weighted by Crippen LogP contribution is 2.49. The maximum atomic E-state index is 13.8. The largest absolute Gasteiger partial charge is 0.467 e. The summed E-state index contributed by atoms with van der Waals surface area (Å²) in [6.07, 6.45) is 4.53. The molecule has 0 spiro atoms. The summed E-state index contributed by atoms with van der Waals surface area (Å²) in [5.41, 5.74) is 5.56. The Kier molecular flexibility index (Phi) is 4.72. The van der Waals surface area contributed by atoms with Crippen LogP contribution in [0.3, 0.4) is 0 Å². The minimum atomic E-state index is -0.564. The Bertz CT molecular complexity index is 1250. The lowest BCUT2D eigenvalue weighted by atomic mass is 9.79. The van der Waals surface area contributed by atoms with Gasteiger partial charge in [-0.2, -0.15) is 0 Å². The highest BCUT2D eigenvalue weighted by molar-refractivity contribution is 6.07. The second kappa shape index (κ2) is 7.77. The lowest BCUT2D eigenvalue weighted by Crippen LogP contribution is -2.39. The fourth-order valence-electron chi connectivity index (χ4n) is 5.15. The van der Waals surface area contributed by atoms with Gasteiger partial charge in [0.05, 0.1) is 17.6 Å². The number of benzene rings is 2. The molecule has 5 heteroatoms. The molecule has 0 bridgehead atoms. The van der Waals surface area contributed by atoms with Crippen LogP contribution in [-0.4, -0.2) is 11.7 Å². The number of carbonyl (C=O) groups excluding carboxylic acids is 2. The number of aryl methyl sites for hydroxylation is 1. The van der Waals surface area contributed by atoms with Gasteiger partial charge in [0.15, 0.2) is 5.78 Å². The fourth-order valence-corrected chi connectivity index (χ4v) is 5.15. The zero-order valence-electron chi connectivity index (χ0n) is 18.6. The van der Waals surface area contributed by atoms with E-state index in [-0.39, 0.29) is 23.5 Å². The van der Waals surface area contributed by atoms with Crippen LogP contribution in [0.15, 0.2) is 82.6 Å². The molecular weight excluding hydrogens is 412 g/mol. The van der Waals surface area contributed by atoms with Gasteiger partial charge in [-0.1, -0.05) is 42.0 Å². The topological polar surface area (TPSA) is 62.6 Å². The van der Waals surface area contributed by atoms with E-state index in [0.29, 0.717) is 24.2 Å². The molecule has 5 nitrogen and oxygen atoms in total. The van der Waals surface area contributed by atoms with Gasteiger partial charge in [0.2, 0.25) is 5.91 Å². The van der Waals surface area contributed by atoms with E-state index in [1.54, 1.807) is 6.26 Å². The van der Waals surface area contributed by atoms with Gasteiger partial charge in [0, 0.05) is 23.6 Å². The highest BCUT2D eigenvalue weighted by atomic mass is 16.3. The average Bonchev–Trinajstić information content (AvgIpc) is 3.56. The second-order valence-corrected chi connectivity index (χ2v) is 9.37. The number of anilines is 2. The van der Waals surface area contributed by atoms with E-state index in [9.17, 15) is 9.59 Å². The van der Waals surface area contributed by atoms with Crippen molar-refractivity contribution in [3.63, 3.8) is 0 Å². The first-order chi connectivity index (χ1) is 16.1. The summed E-state index contributed by atoms with van der Waals surface area (Å²) in [5, 5.41) is 3.56. The van der Waals surface area contributed by atoms with Crippen LogP contribution in [0.2, 0.25) is 0 Å². The summed E-state index contributed by atoms with van der Waals surface area (Å²) >= 11 is 0. The van der Waals surface area contributed by atoms with Crippen LogP contribution in [0.1, 0.15) is 54.5 Å². The number of furan rings is 1. The van der Waals surface area contributed by atoms with Crippen LogP contribution >= 0.6 is 0 Å². The predicted octanol–water partition coefficient (Wildman–Crippen LogP) is 5.90. The molecule has 2 heterocycles. The molecule has 3 aromatic rings. The van der Waals surface area contributed by atoms with E-state index in [2.05, 4.69) is 36.5 Å². The van der Waals surface area contributed by atoms with E-state index in [1.807, 2.05) is 41.3 Å². The van der Waals surface area contributed by atoms with Crippen molar-refractivity contribution in [1.29, 1.82) is 0 Å². The van der Waals surface area contributed by atoms with Gasteiger partial charge in [-0.3, -0.25) is 14.5 Å². The van der Waals surface area contributed by atoms with Gasteiger partial charge in [0.1, 0.15) is 11.8 Å². The standard InChI is InChI=1S/C28H26N2O3/c1-17-8-10-18(11-9-17)20-15-22-26(24(31)16-20)27(25-7-4-14-33-25)30(28(32)19-12-13-19)23-6-3-2-5-21(23)29-22/h2-11,14,19-20,27,29H,12-13,15-16H2,1H3/t20-,27+/m0/s1. The van der Waals surface area contributed by atoms with Crippen LogP contribution in [0.4, 0.5) is 11.4 Å². The van der Waals surface area contributed by atoms with E-state index in [4.69, 9.17) is 4.42 Å². The lowest BCUT2D eigenvalue weighted by Gasteiger charge is -2.33. The molecule has 33 heavy (non-hydrogen) atoms. The van der Waals surface area contributed by atoms with Crippen molar-refractivity contribution in [2.45, 2.75) is 44.6 Å². The first-order valence-electron chi connectivity index (χ1n) is 11.7. The summed E-state index contributed by atoms with van der Waals surface area (Å²) in [6.45, 7) is 2.07. The van der Waals surface area contributed by atoms with E-state index >= 15 is 0 Å². The summed E-state index contributed by atoms with van der Waals surface area (Å²) < 4.78 is 5.84. The van der Waals surface area contributed by atoms with Crippen molar-refractivity contribution in [3.05, 3.63) is 95.1 Å². The van der Waals surface area contributed by atoms with Crippen molar-refractivity contribution < 1.29 is 14.0 Å². The number of hydrogen-bond donors (Lipinski definition) is 1. The maximum absolute atomic E-state index is 13.8. The Labute approximate surface area is 193 Å². The van der Waals surface area contributed by atoms with E-state index in [0.717, 1.165) is 29.9 Å². The molecule has 1 saturated carbocycles. The molecule has 2 atom stereocenters. The van der Waals surface area contributed by atoms with Gasteiger partial charge in [-0.15, -0.1) is 0 Å². The molecule has 1 N–H and O–H groups in total. The molecule has 3 aliphatic rings. The number of Topliss-reactive ketones (excluding diaryl/α,β-unsaturated/α-hetero) is 1. The summed E-state index contributed by atoms with van der Waals surface area (Å²) in [6, 6.07) is 19.4. The number of fused-ring (bicyclic) bond motifs is 1. The normalized spacial score (nSPS) is 22.3. The first-order valence-corrected chi connectivity index (χ1v) is 11.7. The number of hydrogen-bond acceptors (Lipinski definition) is 4. The SMILES string of the molecule is Cc1ccc([C@@H]2CC(=O)C3=C(C2)Nc2ccccc2N(C(=O)C2CC2)[C@@H]3c2ccco2)cc1. The van der Waals surface area contributed by atoms with Gasteiger partial charge >= 0.3 is 0 Å². The zero-order chi connectivity index (χ0) is 22.5. The average molecular weight is 439 g/mol. The van der Waals surface area contributed by atoms with Gasteiger partial charge in [0.25, 0.3) is 0 Å². The number of amides is 1. The Hall–Kier alpha value is -3.60. The fraction of sp³-hybridized carbons (Fsp3) is 0.286. The molecule has 1 aromatic heterocycles. The van der Waals surface area contributed by atoms with Crippen molar-refractivity contribution in [1.82, 2.24) is 0 Å². The Morgan fingerprint density at radius 2 is 1.79 bits per heavy atom. The van der Waals surface area contributed by atoms with E-state index < -0.39 is 6.04 Å². The number of ketones is 1. The first kappa shape index (κ1) is 20.0. The number of nitrogens with one attached hydrogen (secondary N) is 1. The molecule has 1 fully saturated rings. The van der Waals surface area contributed by atoms with Gasteiger partial charge in [-0.05, 0) is 61.9 Å². The molecule has 166 valence electrons. The molecule has 6 rings (SSSR count). The highest BCUT2D eigenvalue weighted by Gasteiger charge is 2.45. The Balaban J connectivity index is 1.51. The van der Waals surface area contributed by atoms with Crippen LogP contribution in [-0.2, 0) is 9.59 Å². The molecule has 0 saturated heterocycles. The maximum Gasteiger partial charge on any atom is 0.231 e. The molecule has 1 amide bonds. The van der Waals surface area contributed by atoms with Crippen LogP contribution in [0.25, 0.3) is 0 Å². The van der Waals surface area contributed by atoms with Gasteiger partial charge < -0.3 is 9.73 Å². The smallest absolute Gasteiger partial charge is 0.231 e. The summed E-state index contributed by atoms with van der Waals surface area (Å²) in [4.78, 5) is 29.2. The zero-order valence-corrected chi connectivity index (χ0v) is 18.6. The quantitative estimate of drug-likeness (QED) is 0.553. The molecular formula is C28H26N2O3. The van der Waals surface area contributed by atoms with Crippen LogP contribution in [0, 0.1) is 12.8 Å². The molecule has 2 aromatic carbocycles. The third-order valence-corrected chi connectivity index (χ3v) is 7.01. The lowest BCUT2D eigenvalue weighted by molar-refractivity contribution is -0.120. The predicted molar refractivity (Wildman–Crippen MR) is 127 cm³/mol. The number of carbonyl (C=O) groups is 2. The molecule has 0 unspecified atom stereocenters. The van der Waals surface area contributed by atoms with Crippen molar-refractivity contribution in [2.24, 2.45) is 5.92 Å². The summed E-state index contributed by atoms with van der Waals surface area (Å²) in [5.74, 6) is 0.859. The monoisotopic (exact) mass is 438 g/mol.